The van der Waals surface area contributed by atoms with E-state index in [0.29, 0.717) is 6.20 Å². The average Bonchev–Trinajstić information content (AvgIpc) is 1.92. The fraction of sp³-hybridized carbons (Fsp3) is 0. The van der Waals surface area contributed by atoms with Crippen LogP contribution >= 0.6 is 0 Å². The van der Waals surface area contributed by atoms with Crippen LogP contribution < -0.4 is 5.46 Å². The van der Waals surface area contributed by atoms with Crippen molar-refractivity contribution in [2.24, 2.45) is 0 Å². The molecular weight excluding hydrogens is 180 g/mol. The highest BCUT2D eigenvalue weighted by Gasteiger charge is 2.30. The van der Waals surface area contributed by atoms with Gasteiger partial charge in [0.1, 0.15) is 5.82 Å². The van der Waals surface area contributed by atoms with Gasteiger partial charge in [0.2, 0.25) is 0 Å². The molecule has 0 N–H and O–H groups in total. The van der Waals surface area contributed by atoms with Gasteiger partial charge >= 0.3 is 6.98 Å². The van der Waals surface area contributed by atoms with Crippen molar-refractivity contribution < 1.29 is 21.7 Å². The van der Waals surface area contributed by atoms with Gasteiger partial charge in [-0.3, -0.25) is 0 Å². The Balaban J connectivity index is 3.23. The number of halogens is 5. The zero-order valence-electron chi connectivity index (χ0n) is 5.57. The number of aromatic nitrogens is 1. The van der Waals surface area contributed by atoms with Crippen molar-refractivity contribution in [1.82, 2.24) is 4.98 Å². The van der Waals surface area contributed by atoms with Crippen molar-refractivity contribution in [3.8, 4) is 0 Å². The molecule has 7 heteroatoms. The molecule has 0 aromatic carbocycles. The van der Waals surface area contributed by atoms with Crippen LogP contribution in [0.4, 0.5) is 21.7 Å². The van der Waals surface area contributed by atoms with Crippen molar-refractivity contribution in [2.45, 2.75) is 0 Å². The summed E-state index contributed by atoms with van der Waals surface area (Å²) >= 11 is 0. The molecular formula is C5H2BF5N-. The van der Waals surface area contributed by atoms with E-state index in [0.717, 1.165) is 0 Å². The molecule has 0 radical (unpaired) electrons. The second-order valence-electron chi connectivity index (χ2n) is 2.11. The van der Waals surface area contributed by atoms with Gasteiger partial charge in [0.15, 0.2) is 5.95 Å². The van der Waals surface area contributed by atoms with Crippen LogP contribution in [0, 0.1) is 11.8 Å². The molecule has 1 rings (SSSR count). The minimum Gasteiger partial charge on any atom is -0.445 e. The van der Waals surface area contributed by atoms with Gasteiger partial charge < -0.3 is 12.9 Å². The molecule has 0 spiro atoms. The molecule has 1 nitrogen and oxygen atoms in total. The van der Waals surface area contributed by atoms with Crippen molar-refractivity contribution in [3.63, 3.8) is 0 Å². The molecule has 0 fully saturated rings. The first-order chi connectivity index (χ1) is 5.41. The zero-order valence-corrected chi connectivity index (χ0v) is 5.57. The Kier molecular flexibility index (Phi) is 2.03. The maximum atomic E-state index is 12.3. The van der Waals surface area contributed by atoms with Crippen LogP contribution in [0.2, 0.25) is 0 Å². The second-order valence-corrected chi connectivity index (χ2v) is 2.11. The smallest absolute Gasteiger partial charge is 0.445 e. The van der Waals surface area contributed by atoms with Crippen molar-refractivity contribution in [2.75, 3.05) is 0 Å². The van der Waals surface area contributed by atoms with Crippen LogP contribution in [-0.4, -0.2) is 12.0 Å². The molecule has 0 aliphatic carbocycles. The lowest BCUT2D eigenvalue weighted by Gasteiger charge is -2.14. The number of hydrogen-bond donors (Lipinski definition) is 0. The first kappa shape index (κ1) is 8.96. The number of nitrogens with zero attached hydrogens (tertiary/aromatic N) is 1. The molecule has 12 heavy (non-hydrogen) atoms. The predicted octanol–water partition coefficient (Wildman–Crippen LogP) is 1.41. The summed E-state index contributed by atoms with van der Waals surface area (Å²) < 4.78 is 60.0. The van der Waals surface area contributed by atoms with Gasteiger partial charge in [-0.1, -0.05) is 5.46 Å². The fourth-order valence-corrected chi connectivity index (χ4v) is 0.668. The van der Waals surface area contributed by atoms with Gasteiger partial charge in [0.25, 0.3) is 0 Å². The van der Waals surface area contributed by atoms with E-state index in [1.807, 2.05) is 0 Å². The van der Waals surface area contributed by atoms with Gasteiger partial charge in [0.05, 0.1) is 6.20 Å². The Morgan fingerprint density at radius 2 is 1.75 bits per heavy atom. The zero-order chi connectivity index (χ0) is 9.35. The van der Waals surface area contributed by atoms with Gasteiger partial charge in [-0.2, -0.15) is 4.39 Å². The van der Waals surface area contributed by atoms with Crippen LogP contribution in [0.5, 0.6) is 0 Å². The van der Waals surface area contributed by atoms with Crippen LogP contribution in [-0.2, 0) is 0 Å². The number of pyridine rings is 1. The lowest BCUT2D eigenvalue weighted by Crippen LogP contribution is -2.37. The summed E-state index contributed by atoms with van der Waals surface area (Å²) in [6.45, 7) is -5.53. The van der Waals surface area contributed by atoms with Crippen LogP contribution in [0.1, 0.15) is 0 Å². The Hall–Kier alpha value is -1.14. The Morgan fingerprint density at radius 1 is 1.17 bits per heavy atom. The largest absolute Gasteiger partial charge is 0.514 e. The van der Waals surface area contributed by atoms with E-state index in [4.69, 9.17) is 0 Å². The first-order valence-corrected chi connectivity index (χ1v) is 2.92. The molecule has 0 aliphatic heterocycles. The van der Waals surface area contributed by atoms with Gasteiger partial charge in [-0.05, 0) is 6.07 Å². The lowest BCUT2D eigenvalue weighted by atomic mass is 9.81. The summed E-state index contributed by atoms with van der Waals surface area (Å²) in [5.74, 6) is -2.89. The fourth-order valence-electron chi connectivity index (χ4n) is 0.668. The van der Waals surface area contributed by atoms with E-state index in [1.54, 1.807) is 0 Å². The van der Waals surface area contributed by atoms with Crippen molar-refractivity contribution in [3.05, 3.63) is 24.0 Å². The summed E-state index contributed by atoms with van der Waals surface area (Å²) in [7, 11) is 0. The highest BCUT2D eigenvalue weighted by molar-refractivity contribution is 6.73. The molecule has 0 aliphatic rings. The molecule has 66 valence electrons. The van der Waals surface area contributed by atoms with Crippen molar-refractivity contribution >= 4 is 12.4 Å². The van der Waals surface area contributed by atoms with E-state index in [-0.39, 0.29) is 6.07 Å². The Bertz CT molecular complexity index is 296. The highest BCUT2D eigenvalue weighted by Crippen LogP contribution is 2.10. The maximum Gasteiger partial charge on any atom is 0.514 e. The second kappa shape index (κ2) is 2.73. The summed E-state index contributed by atoms with van der Waals surface area (Å²) in [5.41, 5.74) is -1.63. The molecule has 0 amide bonds. The van der Waals surface area contributed by atoms with E-state index < -0.39 is 24.2 Å². The standard InChI is InChI=1S/C5H2BF5N/c7-3-1-4(6(9,10)11)5(8)12-2-3/h1-2H/q-1. The molecule has 1 heterocycles. The molecule has 0 saturated heterocycles. The summed E-state index contributed by atoms with van der Waals surface area (Å²) in [4.78, 5) is 2.60. The molecule has 0 saturated carbocycles. The monoisotopic (exact) mass is 182 g/mol. The summed E-state index contributed by atoms with van der Waals surface area (Å²) in [6.07, 6.45) is 0.390. The quantitative estimate of drug-likeness (QED) is 0.363. The Morgan fingerprint density at radius 3 is 2.17 bits per heavy atom. The number of rotatable bonds is 1. The summed E-state index contributed by atoms with van der Waals surface area (Å²) in [6, 6.07) is 0.0856. The predicted molar refractivity (Wildman–Crippen MR) is 32.9 cm³/mol. The van der Waals surface area contributed by atoms with E-state index in [1.165, 1.54) is 0 Å². The van der Waals surface area contributed by atoms with Gasteiger partial charge in [-0.25, -0.2) is 9.37 Å². The third kappa shape index (κ3) is 1.72. The molecule has 1 aromatic heterocycles. The van der Waals surface area contributed by atoms with Gasteiger partial charge in [0, 0.05) is 0 Å². The average molecular weight is 182 g/mol. The molecule has 0 unspecified atom stereocenters. The third-order valence-corrected chi connectivity index (χ3v) is 1.19. The molecule has 0 atom stereocenters. The first-order valence-electron chi connectivity index (χ1n) is 2.92. The lowest BCUT2D eigenvalue weighted by molar-refractivity contribution is 0.486. The van der Waals surface area contributed by atoms with E-state index in [9.17, 15) is 21.7 Å². The van der Waals surface area contributed by atoms with E-state index >= 15 is 0 Å². The van der Waals surface area contributed by atoms with Gasteiger partial charge in [-0.15, -0.1) is 0 Å². The minimum atomic E-state index is -5.53. The maximum absolute atomic E-state index is 12.3. The third-order valence-electron chi connectivity index (χ3n) is 1.19. The highest BCUT2D eigenvalue weighted by atomic mass is 19.4. The number of hydrogen-bond acceptors (Lipinski definition) is 1. The van der Waals surface area contributed by atoms with Crippen LogP contribution in [0.15, 0.2) is 12.3 Å². The normalized spacial score (nSPS) is 11.8. The van der Waals surface area contributed by atoms with Crippen LogP contribution in [0.25, 0.3) is 0 Å². The Labute approximate surface area is 64.3 Å². The molecule has 1 aromatic rings. The topological polar surface area (TPSA) is 12.9 Å². The van der Waals surface area contributed by atoms with Crippen LogP contribution in [0.3, 0.4) is 0 Å². The molecule has 0 bridgehead atoms. The SMILES string of the molecule is Fc1cnc(F)c([B-](F)(F)F)c1. The van der Waals surface area contributed by atoms with E-state index in [2.05, 4.69) is 4.98 Å². The van der Waals surface area contributed by atoms with Crippen molar-refractivity contribution in [1.29, 1.82) is 0 Å². The summed E-state index contributed by atoms with van der Waals surface area (Å²) in [5, 5.41) is 0. The minimum absolute atomic E-state index is 0.0856.